The van der Waals surface area contributed by atoms with E-state index in [1.165, 1.54) is 52.6 Å². The molecule has 4 aromatic rings. The summed E-state index contributed by atoms with van der Waals surface area (Å²) in [5.41, 5.74) is 0.353. The standard InChI is InChI=1S/C19H11F4N3OS/c20-13-5-6-15-16(7-13)24-10-26(18(15)27)8-14-9-28-17(25-14)11-1-3-12(4-2-11)19(21,22)23/h1-7,9-10H,8H2. The summed E-state index contributed by atoms with van der Waals surface area (Å²) >= 11 is 1.27. The van der Waals surface area contributed by atoms with Gasteiger partial charge < -0.3 is 0 Å². The number of rotatable bonds is 3. The van der Waals surface area contributed by atoms with Crippen LogP contribution in [0.25, 0.3) is 21.5 Å². The second-order valence-electron chi connectivity index (χ2n) is 6.06. The molecular weight excluding hydrogens is 394 g/mol. The van der Waals surface area contributed by atoms with Crippen LogP contribution in [-0.4, -0.2) is 14.5 Å². The molecule has 142 valence electrons. The predicted octanol–water partition coefficient (Wildman–Crippen LogP) is 4.73. The Balaban J connectivity index is 1.60. The molecule has 2 heterocycles. The van der Waals surface area contributed by atoms with Gasteiger partial charge in [-0.2, -0.15) is 13.2 Å². The molecular formula is C19H11F4N3OS. The van der Waals surface area contributed by atoms with Crippen LogP contribution in [0.5, 0.6) is 0 Å². The van der Waals surface area contributed by atoms with Gasteiger partial charge in [0.15, 0.2) is 0 Å². The van der Waals surface area contributed by atoms with Gasteiger partial charge in [-0.05, 0) is 24.3 Å². The number of fused-ring (bicyclic) bond motifs is 1. The van der Waals surface area contributed by atoms with Crippen LogP contribution in [0, 0.1) is 5.82 Å². The number of aromatic nitrogens is 3. The first-order valence-electron chi connectivity index (χ1n) is 8.08. The smallest absolute Gasteiger partial charge is 0.293 e. The Hall–Kier alpha value is -3.07. The number of alkyl halides is 3. The molecule has 0 saturated carbocycles. The molecule has 0 N–H and O–H groups in total. The summed E-state index contributed by atoms with van der Waals surface area (Å²) in [5.74, 6) is -0.474. The first-order valence-corrected chi connectivity index (χ1v) is 8.96. The van der Waals surface area contributed by atoms with Gasteiger partial charge in [0.2, 0.25) is 0 Å². The molecule has 0 fully saturated rings. The zero-order chi connectivity index (χ0) is 19.9. The second kappa shape index (κ2) is 6.83. The number of thiazole rings is 1. The maximum absolute atomic E-state index is 13.3. The highest BCUT2D eigenvalue weighted by Crippen LogP contribution is 2.31. The van der Waals surface area contributed by atoms with Gasteiger partial charge >= 0.3 is 6.18 Å². The van der Waals surface area contributed by atoms with Crippen LogP contribution in [0.3, 0.4) is 0 Å². The second-order valence-corrected chi connectivity index (χ2v) is 6.92. The summed E-state index contributed by atoms with van der Waals surface area (Å²) in [6, 6.07) is 8.51. The topological polar surface area (TPSA) is 47.8 Å². The highest BCUT2D eigenvalue weighted by molar-refractivity contribution is 7.13. The van der Waals surface area contributed by atoms with Gasteiger partial charge in [-0.15, -0.1) is 11.3 Å². The lowest BCUT2D eigenvalue weighted by atomic mass is 10.1. The molecule has 0 aliphatic carbocycles. The summed E-state index contributed by atoms with van der Waals surface area (Å²) in [6.07, 6.45) is -3.07. The molecule has 0 aliphatic heterocycles. The summed E-state index contributed by atoms with van der Waals surface area (Å²) in [6.45, 7) is 0.149. The van der Waals surface area contributed by atoms with Gasteiger partial charge in [-0.1, -0.05) is 12.1 Å². The minimum atomic E-state index is -4.39. The van der Waals surface area contributed by atoms with Crippen LogP contribution in [-0.2, 0) is 12.7 Å². The molecule has 0 bridgehead atoms. The fraction of sp³-hybridized carbons (Fsp3) is 0.105. The zero-order valence-electron chi connectivity index (χ0n) is 14.1. The highest BCUT2D eigenvalue weighted by atomic mass is 32.1. The number of hydrogen-bond donors (Lipinski definition) is 0. The summed E-state index contributed by atoms with van der Waals surface area (Å²) in [7, 11) is 0. The molecule has 0 amide bonds. The maximum Gasteiger partial charge on any atom is 0.416 e. The number of halogens is 4. The summed E-state index contributed by atoms with van der Waals surface area (Å²) in [5, 5.41) is 2.57. The van der Waals surface area contributed by atoms with Crippen molar-refractivity contribution in [1.82, 2.24) is 14.5 Å². The Labute approximate surface area is 159 Å². The Morgan fingerprint density at radius 3 is 2.54 bits per heavy atom. The normalized spacial score (nSPS) is 11.9. The largest absolute Gasteiger partial charge is 0.416 e. The Morgan fingerprint density at radius 2 is 1.82 bits per heavy atom. The number of hydrogen-bond acceptors (Lipinski definition) is 4. The zero-order valence-corrected chi connectivity index (χ0v) is 14.9. The Bertz CT molecular complexity index is 1210. The van der Waals surface area contributed by atoms with E-state index in [9.17, 15) is 22.4 Å². The van der Waals surface area contributed by atoms with Crippen molar-refractivity contribution in [3.63, 3.8) is 0 Å². The molecule has 0 atom stereocenters. The van der Waals surface area contributed by atoms with Gasteiger partial charge in [0.05, 0.1) is 35.0 Å². The van der Waals surface area contributed by atoms with E-state index < -0.39 is 17.6 Å². The first kappa shape index (κ1) is 18.3. The van der Waals surface area contributed by atoms with Crippen molar-refractivity contribution >= 4 is 22.2 Å². The molecule has 2 aromatic carbocycles. The van der Waals surface area contributed by atoms with E-state index in [-0.39, 0.29) is 17.6 Å². The molecule has 0 radical (unpaired) electrons. The van der Waals surface area contributed by atoms with Crippen LogP contribution in [0.2, 0.25) is 0 Å². The van der Waals surface area contributed by atoms with E-state index in [4.69, 9.17) is 0 Å². The number of benzene rings is 2. The Morgan fingerprint density at radius 1 is 1.07 bits per heavy atom. The minimum absolute atomic E-state index is 0.149. The van der Waals surface area contributed by atoms with Crippen molar-refractivity contribution in [1.29, 1.82) is 0 Å². The van der Waals surface area contributed by atoms with Crippen molar-refractivity contribution < 1.29 is 17.6 Å². The molecule has 0 aliphatic rings. The lowest BCUT2D eigenvalue weighted by Gasteiger charge is -2.06. The fourth-order valence-corrected chi connectivity index (χ4v) is 3.55. The van der Waals surface area contributed by atoms with E-state index in [1.54, 1.807) is 5.38 Å². The van der Waals surface area contributed by atoms with E-state index in [0.717, 1.165) is 12.1 Å². The lowest BCUT2D eigenvalue weighted by molar-refractivity contribution is -0.137. The highest BCUT2D eigenvalue weighted by Gasteiger charge is 2.30. The molecule has 0 spiro atoms. The average Bonchev–Trinajstić information content (AvgIpc) is 3.12. The van der Waals surface area contributed by atoms with E-state index >= 15 is 0 Å². The molecule has 2 aromatic heterocycles. The SMILES string of the molecule is O=c1c2ccc(F)cc2ncn1Cc1csc(-c2ccc(C(F)(F)F)cc2)n1. The fourth-order valence-electron chi connectivity index (χ4n) is 2.73. The van der Waals surface area contributed by atoms with Crippen molar-refractivity contribution in [2.75, 3.05) is 0 Å². The monoisotopic (exact) mass is 405 g/mol. The van der Waals surface area contributed by atoms with E-state index in [0.29, 0.717) is 21.7 Å². The van der Waals surface area contributed by atoms with Crippen molar-refractivity contribution in [2.24, 2.45) is 0 Å². The third-order valence-electron chi connectivity index (χ3n) is 4.13. The quantitative estimate of drug-likeness (QED) is 0.463. The van der Waals surface area contributed by atoms with Crippen LogP contribution in [0.1, 0.15) is 11.3 Å². The first-order chi connectivity index (χ1) is 13.3. The maximum atomic E-state index is 13.3. The predicted molar refractivity (Wildman–Crippen MR) is 97.6 cm³/mol. The van der Waals surface area contributed by atoms with Crippen molar-refractivity contribution in [3.05, 3.63) is 81.6 Å². The molecule has 0 unspecified atom stereocenters. The van der Waals surface area contributed by atoms with Crippen LogP contribution in [0.4, 0.5) is 17.6 Å². The van der Waals surface area contributed by atoms with E-state index in [2.05, 4.69) is 9.97 Å². The van der Waals surface area contributed by atoms with Gasteiger partial charge in [-0.25, -0.2) is 14.4 Å². The average molecular weight is 405 g/mol. The van der Waals surface area contributed by atoms with Crippen LogP contribution >= 0.6 is 11.3 Å². The third kappa shape index (κ3) is 3.53. The minimum Gasteiger partial charge on any atom is -0.293 e. The molecule has 4 nitrogen and oxygen atoms in total. The summed E-state index contributed by atoms with van der Waals surface area (Å²) < 4.78 is 52.6. The molecule has 0 saturated heterocycles. The van der Waals surface area contributed by atoms with Gasteiger partial charge in [0, 0.05) is 17.0 Å². The Kier molecular flexibility index (Phi) is 4.46. The van der Waals surface area contributed by atoms with Crippen molar-refractivity contribution in [3.8, 4) is 10.6 Å². The molecule has 4 rings (SSSR count). The van der Waals surface area contributed by atoms with Gasteiger partial charge in [0.25, 0.3) is 5.56 Å². The molecule has 28 heavy (non-hydrogen) atoms. The van der Waals surface area contributed by atoms with Gasteiger partial charge in [-0.3, -0.25) is 9.36 Å². The van der Waals surface area contributed by atoms with Gasteiger partial charge in [0.1, 0.15) is 10.8 Å². The third-order valence-corrected chi connectivity index (χ3v) is 5.07. The van der Waals surface area contributed by atoms with Crippen LogP contribution in [0.15, 0.2) is 59.0 Å². The molecule has 9 heteroatoms. The van der Waals surface area contributed by atoms with E-state index in [1.807, 2.05) is 0 Å². The number of nitrogens with zero attached hydrogens (tertiary/aromatic N) is 3. The van der Waals surface area contributed by atoms with Crippen LogP contribution < -0.4 is 5.56 Å². The summed E-state index contributed by atoms with van der Waals surface area (Å²) in [4.78, 5) is 21.0. The lowest BCUT2D eigenvalue weighted by Crippen LogP contribution is -2.21. The van der Waals surface area contributed by atoms with Crippen molar-refractivity contribution in [2.45, 2.75) is 12.7 Å².